The number of benzene rings is 1. The van der Waals surface area contributed by atoms with Crippen LogP contribution < -0.4 is 10.0 Å². The zero-order valence-corrected chi connectivity index (χ0v) is 12.8. The molecule has 2 N–H and O–H groups in total. The van der Waals surface area contributed by atoms with Crippen molar-refractivity contribution in [3.8, 4) is 0 Å². The highest BCUT2D eigenvalue weighted by Crippen LogP contribution is 2.33. The van der Waals surface area contributed by atoms with E-state index < -0.39 is 14.9 Å². The summed E-state index contributed by atoms with van der Waals surface area (Å²) >= 11 is 0. The molecule has 1 aromatic rings. The normalized spacial score (nSPS) is 23.1. The van der Waals surface area contributed by atoms with Gasteiger partial charge in [0.1, 0.15) is 4.90 Å². The van der Waals surface area contributed by atoms with Crippen molar-refractivity contribution < 1.29 is 13.3 Å². The number of nitro groups is 1. The minimum absolute atomic E-state index is 0.0603. The first-order chi connectivity index (χ1) is 9.70. The number of hydrogen-bond acceptors (Lipinski definition) is 5. The number of nitrogens with zero attached hydrogens (tertiary/aromatic N) is 2. The van der Waals surface area contributed by atoms with E-state index >= 15 is 0 Å². The highest BCUT2D eigenvalue weighted by atomic mass is 32.2. The van der Waals surface area contributed by atoms with E-state index in [1.807, 2.05) is 4.90 Å². The van der Waals surface area contributed by atoms with E-state index in [2.05, 4.69) is 13.8 Å². The Balaban J connectivity index is 2.49. The largest absolute Gasteiger partial charge is 0.370 e. The molecular formula is C13H19N3O4S. The molecule has 0 amide bonds. The maximum absolute atomic E-state index is 11.7. The van der Waals surface area contributed by atoms with Crippen LogP contribution in [0.15, 0.2) is 23.1 Å². The molecular weight excluding hydrogens is 294 g/mol. The smallest absolute Gasteiger partial charge is 0.271 e. The SMILES string of the molecule is C[C@@H]1CCN(c2cc([N+](=O)[O-])ccc2S(N)(=O)=O)C[C@@H]1C. The number of sulfonamides is 1. The third-order valence-electron chi connectivity index (χ3n) is 4.13. The van der Waals surface area contributed by atoms with Crippen LogP contribution in [-0.4, -0.2) is 26.4 Å². The molecule has 1 aliphatic heterocycles. The second-order valence-corrected chi connectivity index (χ2v) is 7.17. The molecule has 0 unspecified atom stereocenters. The van der Waals surface area contributed by atoms with Crippen LogP contribution in [0.25, 0.3) is 0 Å². The molecule has 21 heavy (non-hydrogen) atoms. The van der Waals surface area contributed by atoms with Gasteiger partial charge in [0.15, 0.2) is 0 Å². The zero-order chi connectivity index (χ0) is 15.8. The molecule has 0 spiro atoms. The first-order valence-electron chi connectivity index (χ1n) is 6.76. The fourth-order valence-corrected chi connectivity index (χ4v) is 3.33. The maximum atomic E-state index is 11.7. The average Bonchev–Trinajstić information content (AvgIpc) is 2.40. The van der Waals surface area contributed by atoms with Crippen LogP contribution in [0.3, 0.4) is 0 Å². The number of primary sulfonamides is 1. The first kappa shape index (κ1) is 15.7. The summed E-state index contributed by atoms with van der Waals surface area (Å²) in [6.45, 7) is 5.56. The molecule has 116 valence electrons. The summed E-state index contributed by atoms with van der Waals surface area (Å²) in [5.41, 5.74) is 0.189. The summed E-state index contributed by atoms with van der Waals surface area (Å²) in [6, 6.07) is 3.67. The number of hydrogen-bond donors (Lipinski definition) is 1. The molecule has 0 radical (unpaired) electrons. The quantitative estimate of drug-likeness (QED) is 0.675. The van der Waals surface area contributed by atoms with E-state index in [-0.39, 0.29) is 10.6 Å². The van der Waals surface area contributed by atoms with Gasteiger partial charge in [0, 0.05) is 25.2 Å². The Labute approximate surface area is 123 Å². The van der Waals surface area contributed by atoms with Gasteiger partial charge in [0.2, 0.25) is 10.0 Å². The number of piperidine rings is 1. The molecule has 1 aromatic carbocycles. The third-order valence-corrected chi connectivity index (χ3v) is 5.09. The Bertz CT molecular complexity index is 659. The highest BCUT2D eigenvalue weighted by Gasteiger charge is 2.28. The lowest BCUT2D eigenvalue weighted by Gasteiger charge is -2.37. The second kappa shape index (κ2) is 5.61. The highest BCUT2D eigenvalue weighted by molar-refractivity contribution is 7.89. The number of non-ortho nitro benzene ring substituents is 1. The summed E-state index contributed by atoms with van der Waals surface area (Å²) in [6.07, 6.45) is 0.911. The Morgan fingerprint density at radius 1 is 1.33 bits per heavy atom. The van der Waals surface area contributed by atoms with Crippen molar-refractivity contribution in [1.82, 2.24) is 0 Å². The van der Waals surface area contributed by atoms with Crippen LogP contribution in [0.5, 0.6) is 0 Å². The third kappa shape index (κ3) is 3.33. The fraction of sp³-hybridized carbons (Fsp3) is 0.538. The number of anilines is 1. The van der Waals surface area contributed by atoms with Crippen molar-refractivity contribution >= 4 is 21.4 Å². The molecule has 2 atom stereocenters. The van der Waals surface area contributed by atoms with E-state index in [4.69, 9.17) is 5.14 Å². The van der Waals surface area contributed by atoms with Crippen LogP contribution in [0.2, 0.25) is 0 Å². The lowest BCUT2D eigenvalue weighted by Crippen LogP contribution is -2.39. The van der Waals surface area contributed by atoms with E-state index in [1.165, 1.54) is 18.2 Å². The van der Waals surface area contributed by atoms with Gasteiger partial charge in [-0.05, 0) is 24.3 Å². The van der Waals surface area contributed by atoms with E-state index in [0.29, 0.717) is 30.6 Å². The van der Waals surface area contributed by atoms with E-state index in [9.17, 15) is 18.5 Å². The van der Waals surface area contributed by atoms with Crippen LogP contribution in [-0.2, 0) is 10.0 Å². The molecule has 2 rings (SSSR count). The topological polar surface area (TPSA) is 107 Å². The Hall–Kier alpha value is -1.67. The Morgan fingerprint density at radius 3 is 2.52 bits per heavy atom. The van der Waals surface area contributed by atoms with E-state index in [1.54, 1.807) is 0 Å². The van der Waals surface area contributed by atoms with Crippen molar-refractivity contribution in [1.29, 1.82) is 0 Å². The van der Waals surface area contributed by atoms with Gasteiger partial charge < -0.3 is 4.90 Å². The predicted molar refractivity (Wildman–Crippen MR) is 79.6 cm³/mol. The molecule has 1 heterocycles. The monoisotopic (exact) mass is 313 g/mol. The second-order valence-electron chi connectivity index (χ2n) is 5.64. The van der Waals surface area contributed by atoms with Gasteiger partial charge >= 0.3 is 0 Å². The summed E-state index contributed by atoms with van der Waals surface area (Å²) in [7, 11) is -3.92. The van der Waals surface area contributed by atoms with Crippen LogP contribution in [0.1, 0.15) is 20.3 Å². The molecule has 7 nitrogen and oxygen atoms in total. The van der Waals surface area contributed by atoms with Crippen LogP contribution in [0.4, 0.5) is 11.4 Å². The molecule has 0 aliphatic carbocycles. The van der Waals surface area contributed by atoms with E-state index in [0.717, 1.165) is 6.42 Å². The molecule has 0 bridgehead atoms. The molecule has 1 saturated heterocycles. The van der Waals surface area contributed by atoms with Gasteiger partial charge in [-0.2, -0.15) is 0 Å². The van der Waals surface area contributed by atoms with Crippen molar-refractivity contribution in [2.75, 3.05) is 18.0 Å². The minimum Gasteiger partial charge on any atom is -0.370 e. The minimum atomic E-state index is -3.92. The van der Waals surface area contributed by atoms with Crippen molar-refractivity contribution in [2.24, 2.45) is 17.0 Å². The number of rotatable bonds is 3. The lowest BCUT2D eigenvalue weighted by molar-refractivity contribution is -0.384. The van der Waals surface area contributed by atoms with Crippen molar-refractivity contribution in [3.63, 3.8) is 0 Å². The summed E-state index contributed by atoms with van der Waals surface area (Å²) in [5.74, 6) is 0.921. The van der Waals surface area contributed by atoms with Crippen molar-refractivity contribution in [2.45, 2.75) is 25.2 Å². The van der Waals surface area contributed by atoms with Crippen LogP contribution >= 0.6 is 0 Å². The predicted octanol–water partition coefficient (Wildman–Crippen LogP) is 1.72. The first-order valence-corrected chi connectivity index (χ1v) is 8.31. The summed E-state index contributed by atoms with van der Waals surface area (Å²) < 4.78 is 23.4. The number of nitrogens with two attached hydrogens (primary N) is 1. The lowest BCUT2D eigenvalue weighted by atomic mass is 9.88. The molecule has 8 heteroatoms. The van der Waals surface area contributed by atoms with Gasteiger partial charge in [-0.25, -0.2) is 13.6 Å². The zero-order valence-electron chi connectivity index (χ0n) is 12.0. The molecule has 1 aliphatic rings. The van der Waals surface area contributed by atoms with Gasteiger partial charge in [-0.15, -0.1) is 0 Å². The Kier molecular flexibility index (Phi) is 4.20. The van der Waals surface area contributed by atoms with Crippen LogP contribution in [0, 0.1) is 22.0 Å². The fourth-order valence-electron chi connectivity index (χ4n) is 2.59. The van der Waals surface area contributed by atoms with Gasteiger partial charge in [0.05, 0.1) is 10.6 Å². The summed E-state index contributed by atoms with van der Waals surface area (Å²) in [4.78, 5) is 12.2. The Morgan fingerprint density at radius 2 is 2.00 bits per heavy atom. The average molecular weight is 313 g/mol. The molecule has 0 aromatic heterocycles. The molecule has 0 saturated carbocycles. The van der Waals surface area contributed by atoms with Gasteiger partial charge in [-0.1, -0.05) is 13.8 Å². The molecule has 1 fully saturated rings. The summed E-state index contributed by atoms with van der Waals surface area (Å²) in [5, 5.41) is 16.1. The van der Waals surface area contributed by atoms with Crippen molar-refractivity contribution in [3.05, 3.63) is 28.3 Å². The van der Waals surface area contributed by atoms with Gasteiger partial charge in [-0.3, -0.25) is 10.1 Å². The van der Waals surface area contributed by atoms with Gasteiger partial charge in [0.25, 0.3) is 5.69 Å². The standard InChI is InChI=1S/C13H19N3O4S/c1-9-5-6-15(8-10(9)2)12-7-11(16(17)18)3-4-13(12)21(14,19)20/h3-4,7,9-10H,5-6,8H2,1-2H3,(H2,14,19,20)/t9-,10+/m1/s1. The number of nitro benzene ring substituents is 1. The maximum Gasteiger partial charge on any atom is 0.271 e.